The smallest absolute Gasteiger partial charge is 0.279 e. The third-order valence-corrected chi connectivity index (χ3v) is 5.36. The van der Waals surface area contributed by atoms with Crippen LogP contribution >= 0.6 is 11.6 Å². The van der Waals surface area contributed by atoms with E-state index in [1.807, 2.05) is 24.3 Å². The molecule has 0 bridgehead atoms. The summed E-state index contributed by atoms with van der Waals surface area (Å²) < 4.78 is 14.2. The molecule has 29 heavy (non-hydrogen) atoms. The molecule has 0 N–H and O–H groups in total. The molecular formula is C19H17ClN6O3. The number of benzene rings is 1. The lowest BCUT2D eigenvalue weighted by Gasteiger charge is -2.09. The van der Waals surface area contributed by atoms with Crippen molar-refractivity contribution < 1.29 is 9.26 Å². The SMILES string of the molecule is Cn1ncc2ncn(Cc3nc([C@@H]4CO[C@@H](c5ccc(Cl)cc5)C4)no3)c(=O)c21. The van der Waals surface area contributed by atoms with Gasteiger partial charge in [0.1, 0.15) is 12.1 Å². The molecule has 148 valence electrons. The second-order valence-electron chi connectivity index (χ2n) is 7.03. The minimum absolute atomic E-state index is 0.0294. The highest BCUT2D eigenvalue weighted by molar-refractivity contribution is 6.30. The normalized spacial score (nSPS) is 19.2. The lowest BCUT2D eigenvalue weighted by Crippen LogP contribution is -2.22. The maximum absolute atomic E-state index is 12.6. The van der Waals surface area contributed by atoms with Gasteiger partial charge >= 0.3 is 0 Å². The summed E-state index contributed by atoms with van der Waals surface area (Å²) in [5.74, 6) is 0.960. The molecule has 1 aliphatic rings. The highest BCUT2D eigenvalue weighted by Crippen LogP contribution is 2.37. The van der Waals surface area contributed by atoms with Crippen molar-refractivity contribution in [2.45, 2.75) is 25.0 Å². The summed E-state index contributed by atoms with van der Waals surface area (Å²) in [4.78, 5) is 21.4. The van der Waals surface area contributed by atoms with Gasteiger partial charge in [0, 0.05) is 18.0 Å². The lowest BCUT2D eigenvalue weighted by molar-refractivity contribution is 0.110. The van der Waals surface area contributed by atoms with Gasteiger partial charge < -0.3 is 9.26 Å². The Morgan fingerprint density at radius 3 is 2.93 bits per heavy atom. The molecule has 3 aromatic heterocycles. The second-order valence-corrected chi connectivity index (χ2v) is 7.47. The zero-order valence-electron chi connectivity index (χ0n) is 15.5. The van der Waals surface area contributed by atoms with Crippen LogP contribution in [0.4, 0.5) is 0 Å². The molecule has 1 aromatic carbocycles. The van der Waals surface area contributed by atoms with Crippen molar-refractivity contribution in [3.05, 3.63) is 69.4 Å². The molecule has 1 fully saturated rings. The van der Waals surface area contributed by atoms with E-state index >= 15 is 0 Å². The first-order chi connectivity index (χ1) is 14.1. The van der Waals surface area contributed by atoms with Crippen LogP contribution in [0, 0.1) is 0 Å². The monoisotopic (exact) mass is 412 g/mol. The highest BCUT2D eigenvalue weighted by atomic mass is 35.5. The maximum atomic E-state index is 12.6. The Morgan fingerprint density at radius 1 is 1.28 bits per heavy atom. The molecule has 4 aromatic rings. The molecule has 2 atom stereocenters. The Bertz CT molecular complexity index is 1230. The molecule has 1 saturated heterocycles. The lowest BCUT2D eigenvalue weighted by atomic mass is 10.0. The molecule has 0 radical (unpaired) electrons. The summed E-state index contributed by atoms with van der Waals surface area (Å²) >= 11 is 5.95. The molecule has 1 aliphatic heterocycles. The fourth-order valence-electron chi connectivity index (χ4n) is 3.56. The Kier molecular flexibility index (Phi) is 4.40. The third kappa shape index (κ3) is 3.32. The average molecular weight is 413 g/mol. The van der Waals surface area contributed by atoms with Crippen molar-refractivity contribution in [1.29, 1.82) is 0 Å². The minimum Gasteiger partial charge on any atom is -0.373 e. The molecule has 0 unspecified atom stereocenters. The van der Waals surface area contributed by atoms with Gasteiger partial charge in [0.25, 0.3) is 5.56 Å². The van der Waals surface area contributed by atoms with Crippen LogP contribution in [-0.4, -0.2) is 36.1 Å². The standard InChI is InChI=1S/C19H17ClN6O3/c1-25-17-14(7-22-25)21-10-26(19(17)27)8-16-23-18(24-29-16)12-6-15(28-9-12)11-2-4-13(20)5-3-11/h2-5,7,10,12,15H,6,8-9H2,1H3/t12-,15+/m0/s1. The second kappa shape index (κ2) is 7.09. The van der Waals surface area contributed by atoms with Crippen molar-refractivity contribution in [3.63, 3.8) is 0 Å². The van der Waals surface area contributed by atoms with E-state index in [4.69, 9.17) is 20.9 Å². The first kappa shape index (κ1) is 18.0. The number of nitrogens with zero attached hydrogens (tertiary/aromatic N) is 6. The fourth-order valence-corrected chi connectivity index (χ4v) is 3.69. The van der Waals surface area contributed by atoms with Crippen LogP contribution in [0.3, 0.4) is 0 Å². The predicted octanol–water partition coefficient (Wildman–Crippen LogP) is 2.46. The number of fused-ring (bicyclic) bond motifs is 1. The maximum Gasteiger partial charge on any atom is 0.279 e. The number of aromatic nitrogens is 6. The van der Waals surface area contributed by atoms with Gasteiger partial charge in [-0.05, 0) is 24.1 Å². The Morgan fingerprint density at radius 2 is 2.10 bits per heavy atom. The van der Waals surface area contributed by atoms with E-state index in [2.05, 4.69) is 20.2 Å². The topological polar surface area (TPSA) is 101 Å². The predicted molar refractivity (Wildman–Crippen MR) is 104 cm³/mol. The molecular weight excluding hydrogens is 396 g/mol. The van der Waals surface area contributed by atoms with Crippen molar-refractivity contribution >= 4 is 22.6 Å². The molecule has 5 rings (SSSR count). The van der Waals surface area contributed by atoms with Gasteiger partial charge in [-0.1, -0.05) is 28.9 Å². The molecule has 0 amide bonds. The van der Waals surface area contributed by atoms with E-state index < -0.39 is 0 Å². The number of hydrogen-bond donors (Lipinski definition) is 0. The largest absolute Gasteiger partial charge is 0.373 e. The van der Waals surface area contributed by atoms with Crippen LogP contribution in [0.1, 0.15) is 35.7 Å². The number of ether oxygens (including phenoxy) is 1. The minimum atomic E-state index is -0.207. The van der Waals surface area contributed by atoms with Gasteiger partial charge in [-0.3, -0.25) is 14.0 Å². The molecule has 10 heteroatoms. The van der Waals surface area contributed by atoms with E-state index in [-0.39, 0.29) is 24.1 Å². The van der Waals surface area contributed by atoms with Crippen LogP contribution in [0.5, 0.6) is 0 Å². The van der Waals surface area contributed by atoms with E-state index in [0.29, 0.717) is 34.4 Å². The van der Waals surface area contributed by atoms with E-state index in [9.17, 15) is 4.79 Å². The zero-order valence-corrected chi connectivity index (χ0v) is 16.3. The first-order valence-corrected chi connectivity index (χ1v) is 9.53. The van der Waals surface area contributed by atoms with Crippen LogP contribution in [-0.2, 0) is 18.3 Å². The van der Waals surface area contributed by atoms with E-state index in [1.165, 1.54) is 15.6 Å². The number of aryl methyl sites for hydroxylation is 1. The summed E-state index contributed by atoms with van der Waals surface area (Å²) in [5.41, 5.74) is 1.85. The van der Waals surface area contributed by atoms with E-state index in [1.54, 1.807) is 13.2 Å². The summed E-state index contributed by atoms with van der Waals surface area (Å²) in [7, 11) is 1.71. The zero-order chi connectivity index (χ0) is 20.0. The van der Waals surface area contributed by atoms with E-state index in [0.717, 1.165) is 12.0 Å². The third-order valence-electron chi connectivity index (χ3n) is 5.11. The van der Waals surface area contributed by atoms with Crippen molar-refractivity contribution in [1.82, 2.24) is 29.5 Å². The molecule has 9 nitrogen and oxygen atoms in total. The van der Waals surface area contributed by atoms with Crippen LogP contribution < -0.4 is 5.56 Å². The molecule has 0 spiro atoms. The fraction of sp³-hybridized carbons (Fsp3) is 0.316. The summed E-state index contributed by atoms with van der Waals surface area (Å²) in [5, 5.41) is 8.86. The summed E-state index contributed by atoms with van der Waals surface area (Å²) in [6.07, 6.45) is 3.75. The van der Waals surface area contributed by atoms with Gasteiger partial charge in [-0.2, -0.15) is 10.1 Å². The van der Waals surface area contributed by atoms with Crippen molar-refractivity contribution in [2.24, 2.45) is 7.05 Å². The number of halogens is 1. The van der Waals surface area contributed by atoms with Crippen molar-refractivity contribution in [3.8, 4) is 0 Å². The number of rotatable bonds is 4. The van der Waals surface area contributed by atoms with Crippen LogP contribution in [0.2, 0.25) is 5.02 Å². The highest BCUT2D eigenvalue weighted by Gasteiger charge is 2.31. The Balaban J connectivity index is 1.32. The quantitative estimate of drug-likeness (QED) is 0.507. The Hall–Kier alpha value is -3.04. The molecule has 4 heterocycles. The van der Waals surface area contributed by atoms with Crippen LogP contribution in [0.25, 0.3) is 11.0 Å². The average Bonchev–Trinajstić information content (AvgIpc) is 3.45. The molecule has 0 aliphatic carbocycles. The Labute approximate surface area is 169 Å². The van der Waals surface area contributed by atoms with Gasteiger partial charge in [-0.15, -0.1) is 0 Å². The molecule has 0 saturated carbocycles. The van der Waals surface area contributed by atoms with Crippen molar-refractivity contribution in [2.75, 3.05) is 6.61 Å². The summed E-state index contributed by atoms with van der Waals surface area (Å²) in [6.45, 7) is 0.656. The van der Waals surface area contributed by atoms with Gasteiger partial charge in [-0.25, -0.2) is 4.98 Å². The van der Waals surface area contributed by atoms with Gasteiger partial charge in [0.15, 0.2) is 11.3 Å². The summed E-state index contributed by atoms with van der Waals surface area (Å²) in [6, 6.07) is 7.63. The number of hydrogen-bond acceptors (Lipinski definition) is 7. The first-order valence-electron chi connectivity index (χ1n) is 9.15. The van der Waals surface area contributed by atoms with Gasteiger partial charge in [0.05, 0.1) is 25.2 Å². The van der Waals surface area contributed by atoms with Crippen LogP contribution in [0.15, 0.2) is 46.1 Å². The van der Waals surface area contributed by atoms with Gasteiger partial charge in [0.2, 0.25) is 5.89 Å².